The molecule has 0 unspecified atom stereocenters. The lowest BCUT2D eigenvalue weighted by atomic mass is 10.1. The fourth-order valence-corrected chi connectivity index (χ4v) is 3.05. The van der Waals surface area contributed by atoms with E-state index in [1.165, 1.54) is 18.3 Å². The van der Waals surface area contributed by atoms with Crippen LogP contribution >= 0.6 is 0 Å². The van der Waals surface area contributed by atoms with Crippen LogP contribution in [0.5, 0.6) is 0 Å². The molecule has 0 N–H and O–H groups in total. The highest BCUT2D eigenvalue weighted by atomic mass is 19.4. The summed E-state index contributed by atoms with van der Waals surface area (Å²) in [7, 11) is 0. The highest BCUT2D eigenvalue weighted by Gasteiger charge is 2.30. The van der Waals surface area contributed by atoms with Crippen LogP contribution in [0.25, 0.3) is 11.4 Å². The monoisotopic (exact) mass is 429 g/mol. The molecule has 0 bridgehead atoms. The van der Waals surface area contributed by atoms with Crippen molar-refractivity contribution in [3.63, 3.8) is 0 Å². The average molecular weight is 429 g/mol. The maximum atomic E-state index is 12.9. The highest BCUT2D eigenvalue weighted by molar-refractivity contribution is 5.94. The lowest BCUT2D eigenvalue weighted by Crippen LogP contribution is -2.26. The standard InChI is InChI=1S/C23H22F3N3O2/c1-3-29(15-16-8-6-5-7-9-16)21-19(22(30)31-4-2)14-27-20(28-21)17-10-12-18(13-11-17)23(24,25)26/h5-14H,3-4,15H2,1-2H3. The Labute approximate surface area is 178 Å². The summed E-state index contributed by atoms with van der Waals surface area (Å²) in [6.07, 6.45) is -3.06. The predicted molar refractivity (Wildman–Crippen MR) is 112 cm³/mol. The van der Waals surface area contributed by atoms with Gasteiger partial charge in [-0.1, -0.05) is 42.5 Å². The number of carbonyl (C=O) groups is 1. The second-order valence-corrected chi connectivity index (χ2v) is 6.73. The molecular formula is C23H22F3N3O2. The Bertz CT molecular complexity index is 1020. The van der Waals surface area contributed by atoms with Crippen molar-refractivity contribution < 1.29 is 22.7 Å². The zero-order valence-electron chi connectivity index (χ0n) is 17.2. The summed E-state index contributed by atoms with van der Waals surface area (Å²) in [6.45, 7) is 4.87. The molecule has 0 saturated heterocycles. The maximum absolute atomic E-state index is 12.9. The third-order valence-corrected chi connectivity index (χ3v) is 4.63. The quantitative estimate of drug-likeness (QED) is 0.473. The van der Waals surface area contributed by atoms with Gasteiger partial charge in [0.05, 0.1) is 12.2 Å². The van der Waals surface area contributed by atoms with E-state index >= 15 is 0 Å². The summed E-state index contributed by atoms with van der Waals surface area (Å²) in [6, 6.07) is 14.3. The van der Waals surface area contributed by atoms with Crippen molar-refractivity contribution in [2.24, 2.45) is 0 Å². The molecular weight excluding hydrogens is 407 g/mol. The third-order valence-electron chi connectivity index (χ3n) is 4.63. The number of alkyl halides is 3. The van der Waals surface area contributed by atoms with Gasteiger partial charge < -0.3 is 9.64 Å². The molecule has 2 aromatic carbocycles. The molecule has 0 amide bonds. The number of esters is 1. The van der Waals surface area contributed by atoms with E-state index in [0.29, 0.717) is 24.5 Å². The number of nitrogens with zero attached hydrogens (tertiary/aromatic N) is 3. The summed E-state index contributed by atoms with van der Waals surface area (Å²) in [5.41, 5.74) is 0.892. The number of aromatic nitrogens is 2. The van der Waals surface area contributed by atoms with E-state index in [-0.39, 0.29) is 18.0 Å². The Morgan fingerprint density at radius 1 is 1.03 bits per heavy atom. The minimum Gasteiger partial charge on any atom is -0.462 e. The predicted octanol–water partition coefficient (Wildman–Crippen LogP) is 5.37. The van der Waals surface area contributed by atoms with Crippen LogP contribution in [-0.4, -0.2) is 29.1 Å². The number of ether oxygens (including phenoxy) is 1. The van der Waals surface area contributed by atoms with Crippen molar-refractivity contribution >= 4 is 11.8 Å². The van der Waals surface area contributed by atoms with Gasteiger partial charge in [0, 0.05) is 24.8 Å². The van der Waals surface area contributed by atoms with Crippen molar-refractivity contribution in [1.29, 1.82) is 0 Å². The minimum atomic E-state index is -4.42. The fraction of sp³-hybridized carbons (Fsp3) is 0.261. The summed E-state index contributed by atoms with van der Waals surface area (Å²) in [4.78, 5) is 23.1. The maximum Gasteiger partial charge on any atom is 0.416 e. The van der Waals surface area contributed by atoms with E-state index in [4.69, 9.17) is 4.74 Å². The third kappa shape index (κ3) is 5.39. The molecule has 0 aliphatic rings. The number of rotatable bonds is 7. The van der Waals surface area contributed by atoms with Gasteiger partial charge in [0.25, 0.3) is 0 Å². The molecule has 31 heavy (non-hydrogen) atoms. The largest absolute Gasteiger partial charge is 0.462 e. The topological polar surface area (TPSA) is 55.3 Å². The normalized spacial score (nSPS) is 11.3. The van der Waals surface area contributed by atoms with Gasteiger partial charge in [-0.3, -0.25) is 0 Å². The van der Waals surface area contributed by atoms with Crippen molar-refractivity contribution in [2.75, 3.05) is 18.1 Å². The van der Waals surface area contributed by atoms with Crippen molar-refractivity contribution in [3.8, 4) is 11.4 Å². The van der Waals surface area contributed by atoms with Crippen molar-refractivity contribution in [1.82, 2.24) is 9.97 Å². The molecule has 0 atom stereocenters. The number of benzene rings is 2. The molecule has 0 fully saturated rings. The molecule has 0 spiro atoms. The Balaban J connectivity index is 2.02. The van der Waals surface area contributed by atoms with Crippen LogP contribution in [0.15, 0.2) is 60.8 Å². The molecule has 1 heterocycles. The molecule has 0 saturated carbocycles. The van der Waals surface area contributed by atoms with Gasteiger partial charge in [-0.2, -0.15) is 13.2 Å². The van der Waals surface area contributed by atoms with Crippen LogP contribution in [0.1, 0.15) is 35.3 Å². The van der Waals surface area contributed by atoms with Gasteiger partial charge in [0.15, 0.2) is 5.82 Å². The first-order chi connectivity index (χ1) is 14.8. The van der Waals surface area contributed by atoms with Crippen LogP contribution in [0.2, 0.25) is 0 Å². The molecule has 162 valence electrons. The van der Waals surface area contributed by atoms with E-state index in [1.807, 2.05) is 42.2 Å². The lowest BCUT2D eigenvalue weighted by Gasteiger charge is -2.24. The van der Waals surface area contributed by atoms with E-state index in [9.17, 15) is 18.0 Å². The van der Waals surface area contributed by atoms with Crippen LogP contribution in [0.3, 0.4) is 0 Å². The minimum absolute atomic E-state index is 0.198. The second-order valence-electron chi connectivity index (χ2n) is 6.73. The highest BCUT2D eigenvalue weighted by Crippen LogP contribution is 2.31. The van der Waals surface area contributed by atoms with Gasteiger partial charge in [-0.25, -0.2) is 14.8 Å². The van der Waals surface area contributed by atoms with Gasteiger partial charge in [-0.05, 0) is 31.5 Å². The molecule has 5 nitrogen and oxygen atoms in total. The van der Waals surface area contributed by atoms with E-state index in [1.54, 1.807) is 6.92 Å². The van der Waals surface area contributed by atoms with Gasteiger partial charge >= 0.3 is 12.1 Å². The van der Waals surface area contributed by atoms with E-state index in [2.05, 4.69) is 9.97 Å². The molecule has 3 rings (SSSR count). The van der Waals surface area contributed by atoms with E-state index in [0.717, 1.165) is 17.7 Å². The Hall–Kier alpha value is -3.42. The summed E-state index contributed by atoms with van der Waals surface area (Å²) >= 11 is 0. The number of carbonyl (C=O) groups excluding carboxylic acids is 1. The molecule has 0 radical (unpaired) electrons. The molecule has 3 aromatic rings. The van der Waals surface area contributed by atoms with Crippen LogP contribution in [0.4, 0.5) is 19.0 Å². The van der Waals surface area contributed by atoms with Crippen LogP contribution < -0.4 is 4.90 Å². The number of halogens is 3. The van der Waals surface area contributed by atoms with Crippen molar-refractivity contribution in [3.05, 3.63) is 77.5 Å². The molecule has 0 aliphatic heterocycles. The molecule has 1 aromatic heterocycles. The van der Waals surface area contributed by atoms with Gasteiger partial charge in [-0.15, -0.1) is 0 Å². The van der Waals surface area contributed by atoms with Crippen LogP contribution in [0, 0.1) is 0 Å². The summed E-state index contributed by atoms with van der Waals surface area (Å²) < 4.78 is 43.8. The second kappa shape index (κ2) is 9.59. The lowest BCUT2D eigenvalue weighted by molar-refractivity contribution is -0.137. The smallest absolute Gasteiger partial charge is 0.416 e. The molecule has 0 aliphatic carbocycles. The van der Waals surface area contributed by atoms with Gasteiger partial charge in [0.1, 0.15) is 11.4 Å². The Morgan fingerprint density at radius 3 is 2.29 bits per heavy atom. The molecule has 8 heteroatoms. The zero-order valence-corrected chi connectivity index (χ0v) is 17.2. The number of hydrogen-bond donors (Lipinski definition) is 0. The van der Waals surface area contributed by atoms with Gasteiger partial charge in [0.2, 0.25) is 0 Å². The first-order valence-electron chi connectivity index (χ1n) is 9.84. The average Bonchev–Trinajstić information content (AvgIpc) is 2.77. The number of hydrogen-bond acceptors (Lipinski definition) is 5. The SMILES string of the molecule is CCOC(=O)c1cnc(-c2ccc(C(F)(F)F)cc2)nc1N(CC)Cc1ccccc1. The first kappa shape index (κ1) is 22.3. The van der Waals surface area contributed by atoms with E-state index < -0.39 is 17.7 Å². The summed E-state index contributed by atoms with van der Waals surface area (Å²) in [5, 5.41) is 0. The Kier molecular flexibility index (Phi) is 6.89. The fourth-order valence-electron chi connectivity index (χ4n) is 3.05. The summed E-state index contributed by atoms with van der Waals surface area (Å²) in [5.74, 6) is 0.0426. The first-order valence-corrected chi connectivity index (χ1v) is 9.84. The van der Waals surface area contributed by atoms with Crippen molar-refractivity contribution in [2.45, 2.75) is 26.6 Å². The zero-order chi connectivity index (χ0) is 22.4. The number of anilines is 1. The van der Waals surface area contributed by atoms with Crippen LogP contribution in [-0.2, 0) is 17.5 Å². The Morgan fingerprint density at radius 2 is 1.71 bits per heavy atom.